The fraction of sp³-hybridized carbons (Fsp3) is 0.333. The van der Waals surface area contributed by atoms with Gasteiger partial charge >= 0.3 is 12.4 Å². The second kappa shape index (κ2) is 4.34. The molecule has 0 saturated carbocycles. The molecule has 2 N–H and O–H groups in total. The topological polar surface area (TPSA) is 32.3 Å². The Morgan fingerprint density at radius 1 is 0.941 bits per heavy atom. The number of nitrogens with one attached hydrogen (secondary N) is 1. The highest BCUT2D eigenvalue weighted by Crippen LogP contribution is 2.37. The van der Waals surface area contributed by atoms with Crippen LogP contribution >= 0.6 is 0 Å². The molecule has 1 aromatic carbocycles. The van der Waals surface area contributed by atoms with E-state index in [1.165, 1.54) is 17.4 Å². The molecule has 0 aliphatic carbocycles. The first kappa shape index (κ1) is 13.5. The highest BCUT2D eigenvalue weighted by Gasteiger charge is 2.57. The van der Waals surface area contributed by atoms with Gasteiger partial charge in [-0.25, -0.2) is 0 Å². The fourth-order valence-electron chi connectivity index (χ4n) is 1.10. The number of hydrogen-bond donors (Lipinski definition) is 2. The van der Waals surface area contributed by atoms with Crippen LogP contribution in [0, 0.1) is 0 Å². The van der Waals surface area contributed by atoms with E-state index in [1.807, 2.05) is 0 Å². The summed E-state index contributed by atoms with van der Waals surface area (Å²) in [6.07, 6.45) is -11.0. The van der Waals surface area contributed by atoms with Crippen LogP contribution in [0.3, 0.4) is 0 Å². The molecule has 0 radical (unpaired) electrons. The minimum absolute atomic E-state index is 0.632. The summed E-state index contributed by atoms with van der Waals surface area (Å²) in [5, 5.41) is 10.3. The Kier molecular flexibility index (Phi) is 3.44. The maximum absolute atomic E-state index is 12.2. The smallest absolute Gasteiger partial charge is 0.417 e. The van der Waals surface area contributed by atoms with Crippen LogP contribution in [0.4, 0.5) is 32.0 Å². The standard InChI is InChI=1S/C9H7F6NO/c10-8(11,12)7(9(13,14)15)16-5-3-1-2-4-6(5)17/h1-4,7,16-17H. The monoisotopic (exact) mass is 259 g/mol. The van der Waals surface area contributed by atoms with Gasteiger partial charge in [0.05, 0.1) is 5.69 Å². The fourth-order valence-corrected chi connectivity index (χ4v) is 1.10. The zero-order valence-electron chi connectivity index (χ0n) is 8.10. The van der Waals surface area contributed by atoms with Crippen molar-refractivity contribution in [2.75, 3.05) is 5.32 Å². The summed E-state index contributed by atoms with van der Waals surface area (Å²) in [5.74, 6) is -0.689. The first-order chi connectivity index (χ1) is 7.62. The van der Waals surface area contributed by atoms with Gasteiger partial charge in [-0.3, -0.25) is 0 Å². The predicted molar refractivity (Wildman–Crippen MR) is 47.6 cm³/mol. The summed E-state index contributed by atoms with van der Waals surface area (Å²) in [5.41, 5.74) is -0.632. The largest absolute Gasteiger partial charge is 0.506 e. The average molecular weight is 259 g/mol. The van der Waals surface area contributed by atoms with E-state index in [-0.39, 0.29) is 0 Å². The lowest BCUT2D eigenvalue weighted by Gasteiger charge is -2.25. The number of benzene rings is 1. The third-order valence-corrected chi connectivity index (χ3v) is 1.86. The molecule has 0 fully saturated rings. The van der Waals surface area contributed by atoms with Gasteiger partial charge in [-0.1, -0.05) is 12.1 Å². The second-order valence-corrected chi connectivity index (χ2v) is 3.18. The zero-order valence-corrected chi connectivity index (χ0v) is 8.10. The van der Waals surface area contributed by atoms with Crippen LogP contribution in [-0.4, -0.2) is 23.5 Å². The van der Waals surface area contributed by atoms with Crippen LogP contribution in [0.15, 0.2) is 24.3 Å². The third kappa shape index (κ3) is 3.43. The van der Waals surface area contributed by atoms with Gasteiger partial charge in [0, 0.05) is 0 Å². The molecule has 0 heterocycles. The second-order valence-electron chi connectivity index (χ2n) is 3.18. The van der Waals surface area contributed by atoms with E-state index in [1.54, 1.807) is 0 Å². The van der Waals surface area contributed by atoms with Crippen molar-refractivity contribution < 1.29 is 31.4 Å². The first-order valence-electron chi connectivity index (χ1n) is 4.30. The highest BCUT2D eigenvalue weighted by molar-refractivity contribution is 5.56. The van der Waals surface area contributed by atoms with Crippen LogP contribution in [0.1, 0.15) is 0 Å². The number of anilines is 1. The summed E-state index contributed by atoms with van der Waals surface area (Å²) in [6.45, 7) is 0. The normalized spacial score (nSPS) is 12.9. The van der Waals surface area contributed by atoms with Crippen molar-refractivity contribution in [3.8, 4) is 5.75 Å². The summed E-state index contributed by atoms with van der Waals surface area (Å²) >= 11 is 0. The Morgan fingerprint density at radius 3 is 1.82 bits per heavy atom. The number of alkyl halides is 6. The van der Waals surface area contributed by atoms with Gasteiger partial charge in [0.1, 0.15) is 5.75 Å². The van der Waals surface area contributed by atoms with Gasteiger partial charge in [0.2, 0.25) is 6.04 Å². The van der Waals surface area contributed by atoms with Gasteiger partial charge in [-0.05, 0) is 12.1 Å². The van der Waals surface area contributed by atoms with Crippen LogP contribution in [0.25, 0.3) is 0 Å². The van der Waals surface area contributed by atoms with E-state index in [9.17, 15) is 26.3 Å². The molecule has 0 aliphatic rings. The number of hydrogen-bond acceptors (Lipinski definition) is 2. The quantitative estimate of drug-likeness (QED) is 0.631. The predicted octanol–water partition coefficient (Wildman–Crippen LogP) is 3.30. The lowest BCUT2D eigenvalue weighted by Crippen LogP contribution is -2.47. The Balaban J connectivity index is 3.00. The van der Waals surface area contributed by atoms with Crippen molar-refractivity contribution in [1.29, 1.82) is 0 Å². The molecule has 8 heteroatoms. The van der Waals surface area contributed by atoms with Gasteiger partial charge in [0.25, 0.3) is 0 Å². The maximum Gasteiger partial charge on any atom is 0.417 e. The highest BCUT2D eigenvalue weighted by atomic mass is 19.4. The van der Waals surface area contributed by atoms with E-state index in [0.717, 1.165) is 12.1 Å². The van der Waals surface area contributed by atoms with E-state index in [2.05, 4.69) is 0 Å². The van der Waals surface area contributed by atoms with Crippen LogP contribution < -0.4 is 5.32 Å². The maximum atomic E-state index is 12.2. The molecule has 2 nitrogen and oxygen atoms in total. The number of para-hydroxylation sites is 2. The van der Waals surface area contributed by atoms with Crippen LogP contribution in [0.2, 0.25) is 0 Å². The molecule has 1 aromatic rings. The van der Waals surface area contributed by atoms with Crippen molar-refractivity contribution in [3.63, 3.8) is 0 Å². The van der Waals surface area contributed by atoms with Gasteiger partial charge < -0.3 is 10.4 Å². The number of halogens is 6. The van der Waals surface area contributed by atoms with Crippen LogP contribution in [-0.2, 0) is 0 Å². The molecule has 0 atom stereocenters. The van der Waals surface area contributed by atoms with Crippen molar-refractivity contribution in [1.82, 2.24) is 0 Å². The molecule has 17 heavy (non-hydrogen) atoms. The molecule has 0 amide bonds. The minimum atomic E-state index is -5.50. The first-order valence-corrected chi connectivity index (χ1v) is 4.30. The van der Waals surface area contributed by atoms with E-state index in [4.69, 9.17) is 5.11 Å². The molecule has 0 unspecified atom stereocenters. The van der Waals surface area contributed by atoms with Gasteiger partial charge in [-0.2, -0.15) is 26.3 Å². The van der Waals surface area contributed by atoms with Crippen molar-refractivity contribution in [2.24, 2.45) is 0 Å². The number of phenolic OH excluding ortho intramolecular Hbond substituents is 1. The summed E-state index contributed by atoms with van der Waals surface area (Å²) in [6, 6.07) is 0.650. The van der Waals surface area contributed by atoms with Crippen molar-refractivity contribution in [2.45, 2.75) is 18.4 Å². The Hall–Kier alpha value is -1.60. The lowest BCUT2D eigenvalue weighted by molar-refractivity contribution is -0.242. The van der Waals surface area contributed by atoms with E-state index in [0.29, 0.717) is 0 Å². The Bertz CT molecular complexity index is 372. The molecular weight excluding hydrogens is 252 g/mol. The van der Waals surface area contributed by atoms with Crippen molar-refractivity contribution >= 4 is 5.69 Å². The van der Waals surface area contributed by atoms with Crippen molar-refractivity contribution in [3.05, 3.63) is 24.3 Å². The number of phenols is 1. The van der Waals surface area contributed by atoms with Crippen LogP contribution in [0.5, 0.6) is 5.75 Å². The number of rotatable bonds is 2. The summed E-state index contributed by atoms with van der Waals surface area (Å²) in [7, 11) is 0. The van der Waals surface area contributed by atoms with Gasteiger partial charge in [0.15, 0.2) is 0 Å². The zero-order chi connectivity index (χ0) is 13.3. The molecule has 0 aliphatic heterocycles. The Labute approximate surface area is 91.9 Å². The Morgan fingerprint density at radius 2 is 1.41 bits per heavy atom. The summed E-state index contributed by atoms with van der Waals surface area (Å²) < 4.78 is 73.0. The molecule has 0 spiro atoms. The molecule has 96 valence electrons. The molecule has 0 aromatic heterocycles. The molecule has 0 saturated heterocycles. The third-order valence-electron chi connectivity index (χ3n) is 1.86. The molecule has 1 rings (SSSR count). The number of aromatic hydroxyl groups is 1. The lowest BCUT2D eigenvalue weighted by atomic mass is 10.2. The molecular formula is C9H7F6NO. The minimum Gasteiger partial charge on any atom is -0.506 e. The van der Waals surface area contributed by atoms with E-state index < -0.39 is 29.8 Å². The van der Waals surface area contributed by atoms with Gasteiger partial charge in [-0.15, -0.1) is 0 Å². The van der Waals surface area contributed by atoms with E-state index >= 15 is 0 Å². The SMILES string of the molecule is Oc1ccccc1NC(C(F)(F)F)C(F)(F)F. The molecule has 0 bridgehead atoms. The summed E-state index contributed by atoms with van der Waals surface area (Å²) in [4.78, 5) is 0. The average Bonchev–Trinajstić information content (AvgIpc) is 2.12.